The van der Waals surface area contributed by atoms with E-state index in [1.165, 1.54) is 4.88 Å². The summed E-state index contributed by atoms with van der Waals surface area (Å²) in [6, 6.07) is 4.77. The van der Waals surface area contributed by atoms with Crippen LogP contribution in [-0.4, -0.2) is 64.5 Å². The predicted molar refractivity (Wildman–Crippen MR) is 119 cm³/mol. The van der Waals surface area contributed by atoms with Crippen LogP contribution in [0.4, 0.5) is 13.2 Å². The molecule has 1 N–H and O–H groups in total. The third kappa shape index (κ3) is 5.59. The van der Waals surface area contributed by atoms with Gasteiger partial charge in [0.25, 0.3) is 0 Å². The standard InChI is InChI=1S/C19H21N7S.C2HF3O2/c1-24-11-14(9-22-24)17-10-20-18-19(23-17)26(13-21-18)15-4-6-25(7-5-15)12-16-3-2-8-27-16;3-2(4,5)1(6)7/h2-3,8-11,13,15H,4-7,12H2,1H3;(H,6,7). The summed E-state index contributed by atoms with van der Waals surface area (Å²) in [4.78, 5) is 26.7. The number of nitrogens with zero attached hydrogens (tertiary/aromatic N) is 7. The number of halogens is 3. The van der Waals surface area contributed by atoms with E-state index < -0.39 is 12.1 Å². The molecule has 1 fully saturated rings. The Labute approximate surface area is 196 Å². The lowest BCUT2D eigenvalue weighted by Crippen LogP contribution is -2.33. The molecule has 13 heteroatoms. The van der Waals surface area contributed by atoms with E-state index in [0.717, 1.165) is 49.4 Å². The number of likely N-dealkylation sites (tertiary alicyclic amines) is 1. The van der Waals surface area contributed by atoms with Crippen molar-refractivity contribution in [3.8, 4) is 11.3 Å². The molecule has 0 aliphatic carbocycles. The predicted octanol–water partition coefficient (Wildman–Crippen LogP) is 3.76. The zero-order valence-electron chi connectivity index (χ0n) is 18.2. The molecule has 0 atom stereocenters. The molecule has 4 aromatic rings. The molecule has 9 nitrogen and oxygen atoms in total. The van der Waals surface area contributed by atoms with Crippen molar-refractivity contribution in [2.45, 2.75) is 31.6 Å². The average molecular weight is 494 g/mol. The Hall–Kier alpha value is -3.32. The fourth-order valence-corrected chi connectivity index (χ4v) is 4.49. The normalized spacial score (nSPS) is 15.3. The summed E-state index contributed by atoms with van der Waals surface area (Å²) in [5, 5.41) is 13.5. The van der Waals surface area contributed by atoms with E-state index in [0.29, 0.717) is 11.7 Å². The van der Waals surface area contributed by atoms with E-state index in [-0.39, 0.29) is 0 Å². The summed E-state index contributed by atoms with van der Waals surface area (Å²) >= 11 is 1.84. The Morgan fingerprint density at radius 2 is 1.97 bits per heavy atom. The van der Waals surface area contributed by atoms with E-state index >= 15 is 0 Å². The van der Waals surface area contributed by atoms with Crippen molar-refractivity contribution in [1.29, 1.82) is 0 Å². The largest absolute Gasteiger partial charge is 0.490 e. The first-order valence-corrected chi connectivity index (χ1v) is 11.3. The molecule has 0 aromatic carbocycles. The number of piperidine rings is 1. The van der Waals surface area contributed by atoms with Crippen LogP contribution < -0.4 is 0 Å². The number of aryl methyl sites for hydroxylation is 1. The van der Waals surface area contributed by atoms with E-state index in [4.69, 9.17) is 14.9 Å². The lowest BCUT2D eigenvalue weighted by molar-refractivity contribution is -0.192. The molecule has 0 saturated carbocycles. The number of aliphatic carboxylic acids is 1. The number of carboxylic acid groups (broad SMARTS) is 1. The first kappa shape index (κ1) is 23.8. The monoisotopic (exact) mass is 493 g/mol. The summed E-state index contributed by atoms with van der Waals surface area (Å²) in [5.41, 5.74) is 3.40. The highest BCUT2D eigenvalue weighted by Crippen LogP contribution is 2.27. The van der Waals surface area contributed by atoms with Crippen LogP contribution in [0.15, 0.2) is 42.4 Å². The van der Waals surface area contributed by atoms with E-state index in [1.54, 1.807) is 10.9 Å². The number of alkyl halides is 3. The summed E-state index contributed by atoms with van der Waals surface area (Å²) in [5.74, 6) is -2.76. The van der Waals surface area contributed by atoms with Crippen LogP contribution in [0.1, 0.15) is 23.8 Å². The highest BCUT2D eigenvalue weighted by molar-refractivity contribution is 7.09. The van der Waals surface area contributed by atoms with Crippen LogP contribution in [0.25, 0.3) is 22.6 Å². The van der Waals surface area contributed by atoms with Gasteiger partial charge in [0.05, 0.1) is 24.4 Å². The highest BCUT2D eigenvalue weighted by atomic mass is 32.1. The minimum Gasteiger partial charge on any atom is -0.475 e. The van der Waals surface area contributed by atoms with Gasteiger partial charge in [-0.25, -0.2) is 19.7 Å². The SMILES string of the molecule is Cn1cc(-c2cnc3ncn(C4CCN(Cc5cccs5)CC4)c3n2)cn1.O=C(O)C(F)(F)F. The van der Waals surface area contributed by atoms with Gasteiger partial charge in [-0.3, -0.25) is 9.58 Å². The second-order valence-corrected chi connectivity index (χ2v) is 8.88. The third-order valence-electron chi connectivity index (χ3n) is 5.44. The Morgan fingerprint density at radius 3 is 2.56 bits per heavy atom. The van der Waals surface area contributed by atoms with Crippen LogP contribution in [-0.2, 0) is 18.4 Å². The van der Waals surface area contributed by atoms with Gasteiger partial charge in [-0.2, -0.15) is 18.3 Å². The number of carbonyl (C=O) groups is 1. The zero-order valence-corrected chi connectivity index (χ0v) is 19.0. The molecule has 1 saturated heterocycles. The first-order valence-electron chi connectivity index (χ1n) is 10.4. The molecule has 0 unspecified atom stereocenters. The number of carboxylic acids is 1. The lowest BCUT2D eigenvalue weighted by Gasteiger charge is -2.32. The number of thiophene rings is 1. The molecular formula is C21H22F3N7O2S. The second kappa shape index (κ2) is 9.89. The maximum absolute atomic E-state index is 10.6. The summed E-state index contributed by atoms with van der Waals surface area (Å²) in [6.07, 6.45) is 4.59. The molecule has 34 heavy (non-hydrogen) atoms. The van der Waals surface area contributed by atoms with Gasteiger partial charge >= 0.3 is 12.1 Å². The van der Waals surface area contributed by atoms with Crippen molar-refractivity contribution in [3.05, 3.63) is 47.3 Å². The average Bonchev–Trinajstić information content (AvgIpc) is 3.55. The van der Waals surface area contributed by atoms with Crippen molar-refractivity contribution >= 4 is 28.6 Å². The second-order valence-electron chi connectivity index (χ2n) is 7.85. The number of fused-ring (bicyclic) bond motifs is 1. The molecule has 180 valence electrons. The maximum atomic E-state index is 10.6. The molecule has 1 aliphatic rings. The van der Waals surface area contributed by atoms with Gasteiger partial charge in [-0.15, -0.1) is 11.3 Å². The number of hydrogen-bond acceptors (Lipinski definition) is 7. The lowest BCUT2D eigenvalue weighted by atomic mass is 10.0. The summed E-state index contributed by atoms with van der Waals surface area (Å²) in [6.45, 7) is 3.25. The van der Waals surface area contributed by atoms with Gasteiger partial charge in [0, 0.05) is 49.4 Å². The zero-order chi connectivity index (χ0) is 24.3. The molecule has 0 radical (unpaired) electrons. The number of hydrogen-bond donors (Lipinski definition) is 1. The van der Waals surface area contributed by atoms with Crippen molar-refractivity contribution < 1.29 is 23.1 Å². The quantitative estimate of drug-likeness (QED) is 0.462. The number of rotatable bonds is 4. The van der Waals surface area contributed by atoms with Gasteiger partial charge in [0.2, 0.25) is 0 Å². The van der Waals surface area contributed by atoms with Gasteiger partial charge in [0.1, 0.15) is 0 Å². The van der Waals surface area contributed by atoms with Crippen molar-refractivity contribution in [2.24, 2.45) is 7.05 Å². The number of aromatic nitrogens is 6. The smallest absolute Gasteiger partial charge is 0.475 e. The topological polar surface area (TPSA) is 102 Å². The maximum Gasteiger partial charge on any atom is 0.490 e. The van der Waals surface area contributed by atoms with E-state index in [1.807, 2.05) is 37.1 Å². The Morgan fingerprint density at radius 1 is 1.24 bits per heavy atom. The minimum absolute atomic E-state index is 0.424. The van der Waals surface area contributed by atoms with Crippen LogP contribution in [0.2, 0.25) is 0 Å². The Bertz CT molecular complexity index is 1250. The fraction of sp³-hybridized carbons (Fsp3) is 0.381. The molecular weight excluding hydrogens is 471 g/mol. The van der Waals surface area contributed by atoms with Crippen LogP contribution in [0.3, 0.4) is 0 Å². The van der Waals surface area contributed by atoms with Crippen LogP contribution in [0, 0.1) is 0 Å². The summed E-state index contributed by atoms with van der Waals surface area (Å²) < 4.78 is 35.7. The third-order valence-corrected chi connectivity index (χ3v) is 6.30. The van der Waals surface area contributed by atoms with Crippen molar-refractivity contribution in [3.63, 3.8) is 0 Å². The van der Waals surface area contributed by atoms with Gasteiger partial charge in [-0.05, 0) is 24.3 Å². The minimum atomic E-state index is -5.08. The van der Waals surface area contributed by atoms with Crippen molar-refractivity contribution in [2.75, 3.05) is 13.1 Å². The van der Waals surface area contributed by atoms with Gasteiger partial charge < -0.3 is 9.67 Å². The van der Waals surface area contributed by atoms with Crippen molar-refractivity contribution in [1.82, 2.24) is 34.2 Å². The molecule has 1 aliphatic heterocycles. The number of imidazole rings is 1. The molecule has 0 bridgehead atoms. The highest BCUT2D eigenvalue weighted by Gasteiger charge is 2.38. The van der Waals surface area contributed by atoms with E-state index in [9.17, 15) is 13.2 Å². The van der Waals surface area contributed by atoms with E-state index in [2.05, 4.69) is 42.0 Å². The molecule has 0 amide bonds. The molecule has 5 heterocycles. The Kier molecular flexibility index (Phi) is 6.93. The van der Waals surface area contributed by atoms with Crippen LogP contribution in [0.5, 0.6) is 0 Å². The summed E-state index contributed by atoms with van der Waals surface area (Å²) in [7, 11) is 1.91. The van der Waals surface area contributed by atoms with Gasteiger partial charge in [-0.1, -0.05) is 6.07 Å². The molecule has 5 rings (SSSR count). The first-order chi connectivity index (χ1) is 16.2. The van der Waals surface area contributed by atoms with Crippen LogP contribution >= 0.6 is 11.3 Å². The molecule has 4 aromatic heterocycles. The fourth-order valence-electron chi connectivity index (χ4n) is 3.75. The Balaban J connectivity index is 0.000000344. The molecule has 0 spiro atoms. The van der Waals surface area contributed by atoms with Gasteiger partial charge in [0.15, 0.2) is 11.3 Å².